The lowest BCUT2D eigenvalue weighted by Crippen LogP contribution is -2.33. The van der Waals surface area contributed by atoms with Crippen LogP contribution in [0, 0.1) is 0 Å². The van der Waals surface area contributed by atoms with Crippen molar-refractivity contribution in [1.82, 2.24) is 24.6 Å². The number of rotatable bonds is 6. The first kappa shape index (κ1) is 33.0. The van der Waals surface area contributed by atoms with Crippen molar-refractivity contribution >= 4 is 11.9 Å². The van der Waals surface area contributed by atoms with Crippen LogP contribution >= 0.6 is 0 Å². The number of aliphatic carboxylic acids is 2. The third-order valence-electron chi connectivity index (χ3n) is 5.19. The van der Waals surface area contributed by atoms with E-state index in [0.717, 1.165) is 37.3 Å². The Bertz CT molecular complexity index is 1230. The predicted molar refractivity (Wildman–Crippen MR) is 127 cm³/mol. The number of fused-ring (bicyclic) bond motifs is 1. The second-order valence-corrected chi connectivity index (χ2v) is 8.24. The predicted octanol–water partition coefficient (Wildman–Crippen LogP) is 3.55. The molecule has 0 aromatic carbocycles. The van der Waals surface area contributed by atoms with E-state index in [1.807, 2.05) is 29.1 Å². The van der Waals surface area contributed by atoms with Crippen LogP contribution < -0.4 is 4.74 Å². The Morgan fingerprint density at radius 3 is 2.12 bits per heavy atom. The number of aromatic nitrogens is 4. The fraction of sp³-hybridized carbons (Fsp3) is 0.375. The largest absolute Gasteiger partial charge is 0.490 e. The molecule has 3 aromatic heterocycles. The van der Waals surface area contributed by atoms with Crippen LogP contribution in [0.5, 0.6) is 5.88 Å². The van der Waals surface area contributed by atoms with Crippen molar-refractivity contribution in [2.45, 2.75) is 44.7 Å². The van der Waals surface area contributed by atoms with E-state index < -0.39 is 24.3 Å². The van der Waals surface area contributed by atoms with Crippen LogP contribution in [0.2, 0.25) is 0 Å². The summed E-state index contributed by atoms with van der Waals surface area (Å²) in [7, 11) is 1.66. The Balaban J connectivity index is 0.000000349. The van der Waals surface area contributed by atoms with Crippen molar-refractivity contribution < 1.29 is 55.6 Å². The van der Waals surface area contributed by atoms with Crippen molar-refractivity contribution in [2.24, 2.45) is 0 Å². The minimum Gasteiger partial charge on any atom is -0.481 e. The van der Waals surface area contributed by atoms with Gasteiger partial charge in [-0.15, -0.1) is 0 Å². The fourth-order valence-corrected chi connectivity index (χ4v) is 3.38. The monoisotopic (exact) mass is 593 g/mol. The first-order chi connectivity index (χ1) is 19.2. The number of hydrogen-bond donors (Lipinski definition) is 2. The molecule has 3 aromatic rings. The zero-order valence-electron chi connectivity index (χ0n) is 21.3. The highest BCUT2D eigenvalue weighted by Crippen LogP contribution is 2.21. The normalized spacial score (nSPS) is 15.2. The van der Waals surface area contributed by atoms with Gasteiger partial charge < -0.3 is 19.7 Å². The summed E-state index contributed by atoms with van der Waals surface area (Å²) < 4.78 is 77.1. The molecular weight excluding hydrogens is 568 g/mol. The summed E-state index contributed by atoms with van der Waals surface area (Å²) in [5.41, 5.74) is 3.38. The van der Waals surface area contributed by atoms with E-state index in [9.17, 15) is 26.3 Å². The number of alkyl halides is 6. The SMILES string of the molecule is COc1ncccc1CN1Cc2ccnn2CC(OCc2ccncc2)C1.O=C(O)C(F)(F)F.O=C(O)C(F)(F)F. The van der Waals surface area contributed by atoms with Crippen molar-refractivity contribution in [3.05, 3.63) is 71.9 Å². The summed E-state index contributed by atoms with van der Waals surface area (Å²) in [5, 5.41) is 18.7. The van der Waals surface area contributed by atoms with Gasteiger partial charge in [0.25, 0.3) is 0 Å². The van der Waals surface area contributed by atoms with E-state index in [1.165, 1.54) is 5.69 Å². The molecule has 1 aliphatic rings. The zero-order chi connectivity index (χ0) is 30.6. The van der Waals surface area contributed by atoms with Crippen LogP contribution in [0.4, 0.5) is 26.3 Å². The summed E-state index contributed by atoms with van der Waals surface area (Å²) in [6.45, 7) is 3.68. The van der Waals surface area contributed by atoms with E-state index in [-0.39, 0.29) is 6.10 Å². The number of carboxylic acids is 2. The Morgan fingerprint density at radius 1 is 0.951 bits per heavy atom. The number of carbonyl (C=O) groups is 2. The fourth-order valence-electron chi connectivity index (χ4n) is 3.38. The van der Waals surface area contributed by atoms with Crippen LogP contribution in [-0.4, -0.2) is 78.9 Å². The third kappa shape index (κ3) is 11.4. The molecule has 2 N–H and O–H groups in total. The van der Waals surface area contributed by atoms with Gasteiger partial charge in [0.15, 0.2) is 0 Å². The topological polar surface area (TPSA) is 140 Å². The summed E-state index contributed by atoms with van der Waals surface area (Å²) in [5.74, 6) is -4.84. The number of carboxylic acid groups (broad SMARTS) is 2. The van der Waals surface area contributed by atoms with Gasteiger partial charge in [-0.2, -0.15) is 31.4 Å². The Morgan fingerprint density at radius 2 is 1.56 bits per heavy atom. The molecule has 11 nitrogen and oxygen atoms in total. The van der Waals surface area contributed by atoms with Gasteiger partial charge in [0.2, 0.25) is 5.88 Å². The zero-order valence-corrected chi connectivity index (χ0v) is 21.3. The molecule has 0 saturated heterocycles. The van der Waals surface area contributed by atoms with E-state index in [1.54, 1.807) is 25.7 Å². The Labute approximate surface area is 229 Å². The molecule has 0 amide bonds. The number of methoxy groups -OCH3 is 1. The molecule has 0 fully saturated rings. The lowest BCUT2D eigenvalue weighted by Gasteiger charge is -2.24. The van der Waals surface area contributed by atoms with Crippen LogP contribution in [0.1, 0.15) is 16.8 Å². The molecule has 224 valence electrons. The number of nitrogens with zero attached hydrogens (tertiary/aromatic N) is 5. The average Bonchev–Trinajstić information content (AvgIpc) is 3.26. The highest BCUT2D eigenvalue weighted by atomic mass is 19.4. The molecule has 0 bridgehead atoms. The Kier molecular flexibility index (Phi) is 12.0. The van der Waals surface area contributed by atoms with Crippen molar-refractivity contribution in [3.63, 3.8) is 0 Å². The molecule has 1 unspecified atom stereocenters. The highest BCUT2D eigenvalue weighted by Gasteiger charge is 2.38. The molecule has 41 heavy (non-hydrogen) atoms. The molecule has 1 aliphatic heterocycles. The first-order valence-electron chi connectivity index (χ1n) is 11.5. The molecule has 1 atom stereocenters. The Hall–Kier alpha value is -4.25. The summed E-state index contributed by atoms with van der Waals surface area (Å²) >= 11 is 0. The molecule has 4 heterocycles. The molecule has 0 aliphatic carbocycles. The first-order valence-corrected chi connectivity index (χ1v) is 11.5. The van der Waals surface area contributed by atoms with Crippen molar-refractivity contribution in [1.29, 1.82) is 0 Å². The van der Waals surface area contributed by atoms with E-state index in [0.29, 0.717) is 12.5 Å². The number of pyridine rings is 2. The van der Waals surface area contributed by atoms with E-state index >= 15 is 0 Å². The second-order valence-electron chi connectivity index (χ2n) is 8.24. The lowest BCUT2D eigenvalue weighted by molar-refractivity contribution is -0.193. The van der Waals surface area contributed by atoms with Gasteiger partial charge in [-0.3, -0.25) is 14.6 Å². The van der Waals surface area contributed by atoms with Crippen LogP contribution in [-0.2, 0) is 40.6 Å². The van der Waals surface area contributed by atoms with Crippen LogP contribution in [0.3, 0.4) is 0 Å². The standard InChI is InChI=1S/C20H23N5O2.2C2HF3O2/c1-26-20-17(3-2-7-22-20)11-24-12-18-6-10-23-25(18)14-19(13-24)27-15-16-4-8-21-9-5-16;2*3-2(4,5)1(6)7/h2-10,19H,11-15H2,1H3;2*(H,6,7). The molecule has 0 radical (unpaired) electrons. The summed E-state index contributed by atoms with van der Waals surface area (Å²) in [6.07, 6.45) is -2.94. The maximum atomic E-state index is 10.6. The number of halogens is 6. The van der Waals surface area contributed by atoms with Gasteiger partial charge >= 0.3 is 24.3 Å². The van der Waals surface area contributed by atoms with Gasteiger partial charge in [-0.1, -0.05) is 6.07 Å². The maximum absolute atomic E-state index is 10.6. The molecule has 0 spiro atoms. The molecule has 17 heteroatoms. The van der Waals surface area contributed by atoms with Gasteiger partial charge in [-0.25, -0.2) is 14.6 Å². The lowest BCUT2D eigenvalue weighted by atomic mass is 10.2. The van der Waals surface area contributed by atoms with Gasteiger partial charge in [0.1, 0.15) is 0 Å². The highest BCUT2D eigenvalue weighted by molar-refractivity contribution is 5.73. The smallest absolute Gasteiger partial charge is 0.481 e. The van der Waals surface area contributed by atoms with Crippen molar-refractivity contribution in [3.8, 4) is 5.88 Å². The van der Waals surface area contributed by atoms with Crippen molar-refractivity contribution in [2.75, 3.05) is 13.7 Å². The minimum absolute atomic E-state index is 0.0435. The van der Waals surface area contributed by atoms with E-state index in [4.69, 9.17) is 29.3 Å². The number of ether oxygens (including phenoxy) is 2. The van der Waals surface area contributed by atoms with Crippen LogP contribution in [0.25, 0.3) is 0 Å². The van der Waals surface area contributed by atoms with Gasteiger partial charge in [0, 0.05) is 50.0 Å². The number of hydrogen-bond acceptors (Lipinski definition) is 8. The maximum Gasteiger partial charge on any atom is 0.490 e. The quantitative estimate of drug-likeness (QED) is 0.408. The second kappa shape index (κ2) is 14.9. The minimum atomic E-state index is -5.08. The van der Waals surface area contributed by atoms with Gasteiger partial charge in [-0.05, 0) is 29.8 Å². The summed E-state index contributed by atoms with van der Waals surface area (Å²) in [6, 6.07) is 10.0. The third-order valence-corrected chi connectivity index (χ3v) is 5.19. The average molecular weight is 593 g/mol. The molecule has 4 rings (SSSR count). The van der Waals surface area contributed by atoms with Gasteiger partial charge in [0.05, 0.1) is 32.1 Å². The molecule has 0 saturated carbocycles. The van der Waals surface area contributed by atoms with Crippen LogP contribution in [0.15, 0.2) is 55.1 Å². The van der Waals surface area contributed by atoms with E-state index in [2.05, 4.69) is 32.1 Å². The summed E-state index contributed by atoms with van der Waals surface area (Å²) in [4.78, 5) is 28.5. The molecular formula is C24H25F6N5O6.